The zero-order chi connectivity index (χ0) is 17.9. The molecule has 0 bridgehead atoms. The van der Waals surface area contributed by atoms with E-state index in [1.165, 1.54) is 32.4 Å². The molecular weight excluding hydrogens is 312 g/mol. The molecule has 0 radical (unpaired) electrons. The molecule has 7 heteroatoms. The van der Waals surface area contributed by atoms with Crippen LogP contribution in [0.15, 0.2) is 17.7 Å². The Morgan fingerprint density at radius 3 is 2.46 bits per heavy atom. The number of nitrogens with zero attached hydrogens (tertiary/aromatic N) is 1. The zero-order valence-corrected chi connectivity index (χ0v) is 14.1. The summed E-state index contributed by atoms with van der Waals surface area (Å²) in [6.07, 6.45) is 2.07. The average Bonchev–Trinajstić information content (AvgIpc) is 2.60. The molecule has 130 valence electrons. The number of methoxy groups -OCH3 is 2. The molecule has 0 aliphatic heterocycles. The number of phenols is 1. The number of nitriles is 1. The molecule has 0 spiro atoms. The van der Waals surface area contributed by atoms with Crippen molar-refractivity contribution in [3.8, 4) is 23.3 Å². The Morgan fingerprint density at radius 2 is 1.96 bits per heavy atom. The van der Waals surface area contributed by atoms with Gasteiger partial charge in [-0.05, 0) is 37.1 Å². The standard InChI is InChI=1S/C17H22N2O5/c1-4-24-7-5-6-19-17(21)13(11-18)8-12-9-14(22-2)16(20)15(10-12)23-3/h8-10,20H,4-7H2,1-3H3,(H,19,21)/b13-8-. The number of amides is 1. The van der Waals surface area contributed by atoms with Gasteiger partial charge in [0, 0.05) is 19.8 Å². The molecule has 0 heterocycles. The fourth-order valence-corrected chi connectivity index (χ4v) is 1.93. The van der Waals surface area contributed by atoms with Gasteiger partial charge in [-0.1, -0.05) is 0 Å². The molecule has 1 rings (SSSR count). The first-order valence-electron chi connectivity index (χ1n) is 7.50. The van der Waals surface area contributed by atoms with Crippen LogP contribution in [0.5, 0.6) is 17.2 Å². The van der Waals surface area contributed by atoms with Crippen molar-refractivity contribution in [3.63, 3.8) is 0 Å². The highest BCUT2D eigenvalue weighted by molar-refractivity contribution is 6.01. The number of aromatic hydroxyl groups is 1. The molecule has 0 aliphatic rings. The van der Waals surface area contributed by atoms with Crippen molar-refractivity contribution in [2.45, 2.75) is 13.3 Å². The third kappa shape index (κ3) is 5.48. The Morgan fingerprint density at radius 1 is 1.33 bits per heavy atom. The molecule has 0 saturated heterocycles. The predicted octanol–water partition coefficient (Wildman–Crippen LogP) is 1.86. The van der Waals surface area contributed by atoms with Gasteiger partial charge in [-0.25, -0.2) is 0 Å². The summed E-state index contributed by atoms with van der Waals surface area (Å²) in [4.78, 5) is 12.0. The minimum atomic E-state index is -0.472. The molecule has 0 fully saturated rings. The van der Waals surface area contributed by atoms with Crippen molar-refractivity contribution in [2.24, 2.45) is 0 Å². The van der Waals surface area contributed by atoms with E-state index in [-0.39, 0.29) is 22.8 Å². The summed E-state index contributed by atoms with van der Waals surface area (Å²) in [7, 11) is 2.80. The maximum atomic E-state index is 12.0. The van der Waals surface area contributed by atoms with Crippen LogP contribution in [0.4, 0.5) is 0 Å². The lowest BCUT2D eigenvalue weighted by Crippen LogP contribution is -2.26. The number of carbonyl (C=O) groups is 1. The Bertz CT molecular complexity index is 609. The van der Waals surface area contributed by atoms with Gasteiger partial charge in [0.25, 0.3) is 5.91 Å². The normalized spacial score (nSPS) is 10.8. The molecule has 24 heavy (non-hydrogen) atoms. The Balaban J connectivity index is 2.88. The minimum absolute atomic E-state index is 0.0544. The van der Waals surface area contributed by atoms with Crippen LogP contribution in [0, 0.1) is 11.3 Å². The van der Waals surface area contributed by atoms with E-state index in [1.807, 2.05) is 13.0 Å². The van der Waals surface area contributed by atoms with Gasteiger partial charge < -0.3 is 24.6 Å². The molecule has 2 N–H and O–H groups in total. The highest BCUT2D eigenvalue weighted by Gasteiger charge is 2.13. The lowest BCUT2D eigenvalue weighted by atomic mass is 10.1. The predicted molar refractivity (Wildman–Crippen MR) is 88.9 cm³/mol. The van der Waals surface area contributed by atoms with E-state index >= 15 is 0 Å². The van der Waals surface area contributed by atoms with Gasteiger partial charge >= 0.3 is 0 Å². The first kappa shape index (κ1) is 19.3. The maximum Gasteiger partial charge on any atom is 0.261 e. The number of ether oxygens (including phenoxy) is 3. The zero-order valence-electron chi connectivity index (χ0n) is 14.1. The van der Waals surface area contributed by atoms with Gasteiger partial charge in [-0.2, -0.15) is 5.26 Å². The third-order valence-electron chi connectivity index (χ3n) is 3.13. The van der Waals surface area contributed by atoms with Crippen LogP contribution in [0.1, 0.15) is 18.9 Å². The molecule has 0 unspecified atom stereocenters. The molecular formula is C17H22N2O5. The Hall–Kier alpha value is -2.72. The number of nitrogens with one attached hydrogen (secondary N) is 1. The van der Waals surface area contributed by atoms with Crippen molar-refractivity contribution in [1.29, 1.82) is 5.26 Å². The van der Waals surface area contributed by atoms with E-state index in [9.17, 15) is 15.2 Å². The highest BCUT2D eigenvalue weighted by Crippen LogP contribution is 2.37. The van der Waals surface area contributed by atoms with Crippen LogP contribution < -0.4 is 14.8 Å². The van der Waals surface area contributed by atoms with E-state index in [0.29, 0.717) is 31.7 Å². The van der Waals surface area contributed by atoms with E-state index in [0.717, 1.165) is 0 Å². The van der Waals surface area contributed by atoms with Gasteiger partial charge in [0.1, 0.15) is 11.6 Å². The second-order valence-corrected chi connectivity index (χ2v) is 4.75. The van der Waals surface area contributed by atoms with E-state index in [2.05, 4.69) is 5.32 Å². The van der Waals surface area contributed by atoms with Crippen LogP contribution in [-0.2, 0) is 9.53 Å². The minimum Gasteiger partial charge on any atom is -0.502 e. The lowest BCUT2D eigenvalue weighted by Gasteiger charge is -2.10. The van der Waals surface area contributed by atoms with E-state index in [1.54, 1.807) is 0 Å². The maximum absolute atomic E-state index is 12.0. The lowest BCUT2D eigenvalue weighted by molar-refractivity contribution is -0.117. The topological polar surface area (TPSA) is 101 Å². The molecule has 0 aliphatic carbocycles. The number of hydrogen-bond donors (Lipinski definition) is 2. The summed E-state index contributed by atoms with van der Waals surface area (Å²) < 4.78 is 15.3. The molecule has 0 saturated carbocycles. The molecule has 0 aromatic heterocycles. The van der Waals surface area contributed by atoms with Gasteiger partial charge in [0.2, 0.25) is 5.75 Å². The molecule has 1 aromatic rings. The number of hydrogen-bond acceptors (Lipinski definition) is 6. The van der Waals surface area contributed by atoms with Crippen molar-refractivity contribution in [2.75, 3.05) is 34.0 Å². The summed E-state index contributed by atoms with van der Waals surface area (Å²) in [5.41, 5.74) is 0.448. The van der Waals surface area contributed by atoms with Gasteiger partial charge in [-0.15, -0.1) is 0 Å². The number of rotatable bonds is 9. The largest absolute Gasteiger partial charge is 0.502 e. The summed E-state index contributed by atoms with van der Waals surface area (Å²) in [5, 5.41) is 21.7. The fourth-order valence-electron chi connectivity index (χ4n) is 1.93. The Kier molecular flexibility index (Phi) is 8.16. The van der Waals surface area contributed by atoms with Gasteiger partial charge in [0.15, 0.2) is 11.5 Å². The summed E-state index contributed by atoms with van der Waals surface area (Å²) >= 11 is 0. The van der Waals surface area contributed by atoms with Crippen LogP contribution in [-0.4, -0.2) is 45.0 Å². The summed E-state index contributed by atoms with van der Waals surface area (Å²) in [5.74, 6) is -0.235. The second-order valence-electron chi connectivity index (χ2n) is 4.75. The summed E-state index contributed by atoms with van der Waals surface area (Å²) in [6, 6.07) is 4.89. The van der Waals surface area contributed by atoms with Crippen LogP contribution in [0.2, 0.25) is 0 Å². The fraction of sp³-hybridized carbons (Fsp3) is 0.412. The number of phenolic OH excluding ortho intramolecular Hbond substituents is 1. The monoisotopic (exact) mass is 334 g/mol. The van der Waals surface area contributed by atoms with Crippen molar-refractivity contribution in [3.05, 3.63) is 23.3 Å². The van der Waals surface area contributed by atoms with E-state index < -0.39 is 5.91 Å². The summed E-state index contributed by atoms with van der Waals surface area (Å²) in [6.45, 7) is 3.49. The van der Waals surface area contributed by atoms with Crippen molar-refractivity contribution >= 4 is 12.0 Å². The molecule has 7 nitrogen and oxygen atoms in total. The SMILES string of the molecule is CCOCCCNC(=O)/C(C#N)=C\c1cc(OC)c(O)c(OC)c1. The Labute approximate surface area is 141 Å². The molecule has 1 amide bonds. The van der Waals surface area contributed by atoms with Crippen LogP contribution in [0.25, 0.3) is 6.08 Å². The van der Waals surface area contributed by atoms with E-state index in [4.69, 9.17) is 14.2 Å². The molecule has 0 atom stereocenters. The smallest absolute Gasteiger partial charge is 0.261 e. The van der Waals surface area contributed by atoms with Crippen molar-refractivity contribution in [1.82, 2.24) is 5.32 Å². The van der Waals surface area contributed by atoms with Crippen LogP contribution >= 0.6 is 0 Å². The quantitative estimate of drug-likeness (QED) is 0.406. The third-order valence-corrected chi connectivity index (χ3v) is 3.13. The van der Waals surface area contributed by atoms with Gasteiger partial charge in [0.05, 0.1) is 14.2 Å². The number of benzene rings is 1. The second kappa shape index (κ2) is 10.1. The van der Waals surface area contributed by atoms with Gasteiger partial charge in [-0.3, -0.25) is 4.79 Å². The highest BCUT2D eigenvalue weighted by atomic mass is 16.5. The average molecular weight is 334 g/mol. The first-order valence-corrected chi connectivity index (χ1v) is 7.50. The number of carbonyl (C=O) groups excluding carboxylic acids is 1. The first-order chi connectivity index (χ1) is 11.6. The van der Waals surface area contributed by atoms with Crippen LogP contribution in [0.3, 0.4) is 0 Å². The van der Waals surface area contributed by atoms with Crippen molar-refractivity contribution < 1.29 is 24.1 Å². The molecule has 1 aromatic carbocycles.